The molecule has 0 saturated carbocycles. The Hall–Kier alpha value is -3.16. The highest BCUT2D eigenvalue weighted by molar-refractivity contribution is 7.88. The fourth-order valence-corrected chi connectivity index (χ4v) is 4.25. The maximum atomic E-state index is 13.4. The Bertz CT molecular complexity index is 1360. The third-order valence-corrected chi connectivity index (χ3v) is 6.48. The molecule has 0 fully saturated rings. The summed E-state index contributed by atoms with van der Waals surface area (Å²) in [4.78, 5) is 12.1. The van der Waals surface area contributed by atoms with Gasteiger partial charge in [-0.15, -0.1) is 11.3 Å². The molecule has 0 spiro atoms. The van der Waals surface area contributed by atoms with E-state index in [1.165, 1.54) is 36.8 Å². The standard InChI is InChI=1S/C18H10F4N4O3S2/c19-11-3-1-10(2-4-11)12-7-15(18(20,21)22)25-17(24-12)26-8-13(23-9-26)14-5-6-16(30-14)31(27,28)29/h1-9H,(H,27,28,29). The first-order valence-corrected chi connectivity index (χ1v) is 10.6. The number of hydrogen-bond donors (Lipinski definition) is 1. The number of aromatic nitrogens is 4. The Kier molecular flexibility index (Phi) is 5.11. The number of thiophene rings is 1. The van der Waals surface area contributed by atoms with E-state index >= 15 is 0 Å². The summed E-state index contributed by atoms with van der Waals surface area (Å²) in [5, 5.41) is 0. The lowest BCUT2D eigenvalue weighted by Gasteiger charge is -2.11. The number of nitrogens with zero attached hydrogens (tertiary/aromatic N) is 4. The third-order valence-electron chi connectivity index (χ3n) is 4.05. The van der Waals surface area contributed by atoms with Crippen molar-refractivity contribution in [3.63, 3.8) is 0 Å². The predicted molar refractivity (Wildman–Crippen MR) is 103 cm³/mol. The fourth-order valence-electron chi connectivity index (χ4n) is 2.62. The van der Waals surface area contributed by atoms with Crippen LogP contribution in [0.25, 0.3) is 27.8 Å². The van der Waals surface area contributed by atoms with E-state index in [9.17, 15) is 26.0 Å². The molecule has 4 aromatic rings. The molecule has 0 atom stereocenters. The summed E-state index contributed by atoms with van der Waals surface area (Å²) in [6, 6.07) is 8.13. The number of halogens is 4. The van der Waals surface area contributed by atoms with Crippen LogP contribution < -0.4 is 0 Å². The summed E-state index contributed by atoms with van der Waals surface area (Å²) in [7, 11) is -4.39. The Morgan fingerprint density at radius 1 is 1.00 bits per heavy atom. The topological polar surface area (TPSA) is 98.0 Å². The predicted octanol–water partition coefficient (Wildman–Crippen LogP) is 4.46. The van der Waals surface area contributed by atoms with Crippen molar-refractivity contribution in [3.05, 3.63) is 66.5 Å². The average Bonchev–Trinajstić information content (AvgIpc) is 3.37. The molecular weight excluding hydrogens is 460 g/mol. The maximum Gasteiger partial charge on any atom is 0.433 e. The Balaban J connectivity index is 1.78. The first kappa shape index (κ1) is 21.1. The van der Waals surface area contributed by atoms with E-state index in [0.717, 1.165) is 34.1 Å². The van der Waals surface area contributed by atoms with Gasteiger partial charge in [0.2, 0.25) is 5.95 Å². The molecule has 4 rings (SSSR count). The highest BCUT2D eigenvalue weighted by Gasteiger charge is 2.34. The normalized spacial score (nSPS) is 12.3. The summed E-state index contributed by atoms with van der Waals surface area (Å²) in [6.07, 6.45) is -2.26. The second-order valence-electron chi connectivity index (χ2n) is 6.20. The van der Waals surface area contributed by atoms with Crippen LogP contribution in [0, 0.1) is 5.82 Å². The van der Waals surface area contributed by atoms with Crippen LogP contribution in [0.3, 0.4) is 0 Å². The zero-order valence-electron chi connectivity index (χ0n) is 15.1. The number of rotatable bonds is 4. The van der Waals surface area contributed by atoms with E-state index in [4.69, 9.17) is 4.55 Å². The van der Waals surface area contributed by atoms with E-state index < -0.39 is 27.8 Å². The largest absolute Gasteiger partial charge is 0.433 e. The molecule has 0 aliphatic carbocycles. The minimum atomic E-state index is -4.76. The molecule has 1 N–H and O–H groups in total. The highest BCUT2D eigenvalue weighted by atomic mass is 32.3. The van der Waals surface area contributed by atoms with Gasteiger partial charge in [-0.3, -0.25) is 9.12 Å². The number of imidazole rings is 1. The molecule has 1 aromatic carbocycles. The first-order valence-electron chi connectivity index (χ1n) is 8.35. The van der Waals surface area contributed by atoms with Gasteiger partial charge in [-0.2, -0.15) is 21.6 Å². The van der Waals surface area contributed by atoms with Gasteiger partial charge in [-0.25, -0.2) is 19.3 Å². The molecule has 0 bridgehead atoms. The van der Waals surface area contributed by atoms with E-state index in [1.807, 2.05) is 0 Å². The number of hydrogen-bond acceptors (Lipinski definition) is 6. The zero-order valence-corrected chi connectivity index (χ0v) is 16.7. The van der Waals surface area contributed by atoms with Crippen LogP contribution in [0.2, 0.25) is 0 Å². The zero-order chi connectivity index (χ0) is 22.4. The van der Waals surface area contributed by atoms with Gasteiger partial charge in [0.25, 0.3) is 0 Å². The van der Waals surface area contributed by atoms with Crippen molar-refractivity contribution in [1.29, 1.82) is 0 Å². The van der Waals surface area contributed by atoms with Crippen LogP contribution in [0.1, 0.15) is 5.69 Å². The minimum absolute atomic E-state index is 0.0719. The van der Waals surface area contributed by atoms with Crippen LogP contribution in [-0.4, -0.2) is 32.5 Å². The molecule has 160 valence electrons. The van der Waals surface area contributed by atoms with Gasteiger partial charge in [0, 0.05) is 11.8 Å². The van der Waals surface area contributed by atoms with Gasteiger partial charge in [-0.05, 0) is 42.5 Å². The summed E-state index contributed by atoms with van der Waals surface area (Å²) >= 11 is 0.740. The number of benzene rings is 1. The summed E-state index contributed by atoms with van der Waals surface area (Å²) in [5.41, 5.74) is -0.773. The van der Waals surface area contributed by atoms with Gasteiger partial charge in [0.1, 0.15) is 16.4 Å². The smallest absolute Gasteiger partial charge is 0.281 e. The molecule has 0 amide bonds. The molecule has 0 saturated heterocycles. The van der Waals surface area contributed by atoms with Crippen molar-refractivity contribution in [3.8, 4) is 27.8 Å². The van der Waals surface area contributed by atoms with Crippen molar-refractivity contribution < 1.29 is 30.5 Å². The van der Waals surface area contributed by atoms with Crippen molar-refractivity contribution in [2.75, 3.05) is 0 Å². The Morgan fingerprint density at radius 3 is 2.32 bits per heavy atom. The Labute approximate surface area is 176 Å². The minimum Gasteiger partial charge on any atom is -0.281 e. The molecule has 0 aliphatic heterocycles. The van der Waals surface area contributed by atoms with Crippen LogP contribution in [0.5, 0.6) is 0 Å². The van der Waals surface area contributed by atoms with Gasteiger partial charge in [0.15, 0.2) is 5.69 Å². The quantitative estimate of drug-likeness (QED) is 0.349. The van der Waals surface area contributed by atoms with Crippen molar-refractivity contribution in [2.45, 2.75) is 10.4 Å². The molecule has 31 heavy (non-hydrogen) atoms. The molecule has 0 aliphatic rings. The van der Waals surface area contributed by atoms with Crippen LogP contribution in [-0.2, 0) is 16.3 Å². The van der Waals surface area contributed by atoms with Gasteiger partial charge in [0.05, 0.1) is 16.3 Å². The van der Waals surface area contributed by atoms with Crippen LogP contribution in [0.4, 0.5) is 17.6 Å². The fraction of sp³-hybridized carbons (Fsp3) is 0.0556. The van der Waals surface area contributed by atoms with E-state index in [1.54, 1.807) is 0 Å². The molecule has 7 nitrogen and oxygen atoms in total. The summed E-state index contributed by atoms with van der Waals surface area (Å²) < 4.78 is 85.7. The van der Waals surface area contributed by atoms with Crippen LogP contribution >= 0.6 is 11.3 Å². The molecule has 0 radical (unpaired) electrons. The molecular formula is C18H10F4N4O3S2. The molecule has 3 heterocycles. The summed E-state index contributed by atoms with van der Waals surface area (Å²) in [5.74, 6) is -0.881. The van der Waals surface area contributed by atoms with Gasteiger partial charge < -0.3 is 0 Å². The van der Waals surface area contributed by atoms with E-state index in [0.29, 0.717) is 4.88 Å². The SMILES string of the molecule is O=S(=O)(O)c1ccc(-c2cn(-c3nc(-c4ccc(F)cc4)cc(C(F)(F)F)n3)cn2)s1. The van der Waals surface area contributed by atoms with Crippen LogP contribution in [0.15, 0.2) is 59.2 Å². The van der Waals surface area contributed by atoms with Crippen molar-refractivity contribution in [1.82, 2.24) is 19.5 Å². The average molecular weight is 470 g/mol. The Morgan fingerprint density at radius 2 is 1.71 bits per heavy atom. The lowest BCUT2D eigenvalue weighted by molar-refractivity contribution is -0.141. The monoisotopic (exact) mass is 470 g/mol. The maximum absolute atomic E-state index is 13.4. The van der Waals surface area contributed by atoms with Gasteiger partial charge >= 0.3 is 16.3 Å². The molecule has 13 heteroatoms. The third kappa shape index (κ3) is 4.47. The second kappa shape index (κ2) is 7.51. The highest BCUT2D eigenvalue weighted by Crippen LogP contribution is 2.32. The van der Waals surface area contributed by atoms with E-state index in [-0.39, 0.29) is 27.1 Å². The number of alkyl halides is 3. The lowest BCUT2D eigenvalue weighted by Crippen LogP contribution is -2.12. The summed E-state index contributed by atoms with van der Waals surface area (Å²) in [6.45, 7) is 0. The second-order valence-corrected chi connectivity index (χ2v) is 8.94. The van der Waals surface area contributed by atoms with Crippen molar-refractivity contribution >= 4 is 21.5 Å². The van der Waals surface area contributed by atoms with Crippen molar-refractivity contribution in [2.24, 2.45) is 0 Å². The lowest BCUT2D eigenvalue weighted by atomic mass is 10.1. The molecule has 0 unspecified atom stereocenters. The first-order chi connectivity index (χ1) is 14.5. The van der Waals surface area contributed by atoms with E-state index in [2.05, 4.69) is 15.0 Å². The van der Waals surface area contributed by atoms with Gasteiger partial charge in [-0.1, -0.05) is 0 Å². The molecule has 3 aromatic heterocycles.